The van der Waals surface area contributed by atoms with Gasteiger partial charge < -0.3 is 20.3 Å². The first-order chi connectivity index (χ1) is 16.4. The lowest BCUT2D eigenvalue weighted by Gasteiger charge is -2.36. The second-order valence-corrected chi connectivity index (χ2v) is 8.95. The summed E-state index contributed by atoms with van der Waals surface area (Å²) < 4.78 is 5.05. The molecule has 0 aromatic heterocycles. The fourth-order valence-electron chi connectivity index (χ4n) is 4.26. The Labute approximate surface area is 201 Å². The molecule has 0 saturated carbocycles. The van der Waals surface area contributed by atoms with Gasteiger partial charge in [0.15, 0.2) is 0 Å². The number of piperidine rings is 1. The smallest absolute Gasteiger partial charge is 0.253 e. The first-order valence-electron chi connectivity index (χ1n) is 11.9. The molecule has 2 aromatic carbocycles. The Hall–Kier alpha value is -3.19. The highest BCUT2D eigenvalue weighted by atomic mass is 16.5. The number of hydrogen-bond acceptors (Lipinski definition) is 4. The van der Waals surface area contributed by atoms with Gasteiger partial charge in [-0.05, 0) is 63.3 Å². The second kappa shape index (κ2) is 12.3. The van der Waals surface area contributed by atoms with Gasteiger partial charge in [0.25, 0.3) is 11.8 Å². The fourth-order valence-corrected chi connectivity index (χ4v) is 4.26. The van der Waals surface area contributed by atoms with Gasteiger partial charge in [0.2, 0.25) is 5.91 Å². The Morgan fingerprint density at radius 1 is 1.00 bits per heavy atom. The van der Waals surface area contributed by atoms with E-state index in [0.717, 1.165) is 11.1 Å². The number of benzene rings is 2. The normalized spacial score (nSPS) is 15.0. The van der Waals surface area contributed by atoms with Crippen LogP contribution >= 0.6 is 0 Å². The first kappa shape index (κ1) is 25.4. The molecule has 0 bridgehead atoms. The van der Waals surface area contributed by atoms with E-state index in [1.54, 1.807) is 13.2 Å². The van der Waals surface area contributed by atoms with Crippen LogP contribution in [0.3, 0.4) is 0 Å². The van der Waals surface area contributed by atoms with E-state index in [1.165, 1.54) is 0 Å². The van der Waals surface area contributed by atoms with Crippen LogP contribution in [0.2, 0.25) is 0 Å². The molecule has 3 rings (SSSR count). The molecular formula is C27H35N3O4. The van der Waals surface area contributed by atoms with Gasteiger partial charge in [-0.25, -0.2) is 0 Å². The number of methoxy groups -OCH3 is 1. The van der Waals surface area contributed by atoms with Crippen molar-refractivity contribution in [3.05, 3.63) is 70.8 Å². The van der Waals surface area contributed by atoms with E-state index in [0.29, 0.717) is 56.6 Å². The molecule has 0 radical (unpaired) electrons. The number of ether oxygens (including phenoxy) is 1. The maximum atomic E-state index is 13.1. The van der Waals surface area contributed by atoms with Crippen LogP contribution in [0.1, 0.15) is 51.1 Å². The Kier molecular flexibility index (Phi) is 9.22. The molecule has 34 heavy (non-hydrogen) atoms. The third-order valence-electron chi connectivity index (χ3n) is 6.27. The molecule has 0 spiro atoms. The number of likely N-dealkylation sites (tertiary alicyclic amines) is 1. The van der Waals surface area contributed by atoms with E-state index in [4.69, 9.17) is 4.74 Å². The van der Waals surface area contributed by atoms with Crippen LogP contribution in [0, 0.1) is 19.8 Å². The zero-order valence-electron chi connectivity index (χ0n) is 20.3. The topological polar surface area (TPSA) is 87.7 Å². The molecule has 1 atom stereocenters. The number of nitrogens with zero attached hydrogens (tertiary/aromatic N) is 1. The molecular weight excluding hydrogens is 430 g/mol. The Morgan fingerprint density at radius 2 is 1.71 bits per heavy atom. The van der Waals surface area contributed by atoms with Gasteiger partial charge in [0.1, 0.15) is 6.04 Å². The average Bonchev–Trinajstić information content (AvgIpc) is 2.85. The molecule has 1 unspecified atom stereocenters. The molecule has 1 heterocycles. The highest BCUT2D eigenvalue weighted by molar-refractivity contribution is 5.98. The minimum absolute atomic E-state index is 0.00261. The van der Waals surface area contributed by atoms with Crippen molar-refractivity contribution in [2.75, 3.05) is 33.4 Å². The minimum atomic E-state index is -0.660. The summed E-state index contributed by atoms with van der Waals surface area (Å²) in [7, 11) is 1.62. The van der Waals surface area contributed by atoms with Crippen molar-refractivity contribution in [1.29, 1.82) is 0 Å². The standard InChI is InChI=1S/C27H35N3O4/c1-19-8-10-22(11-9-19)27(33)30-15-12-21(13-16-30)24(26(32)28-14-5-17-34-3)29-25(31)23-7-4-6-20(2)18-23/h4,6-11,18,21,24H,5,12-17H2,1-3H3,(H,28,32)(H,29,31). The zero-order chi connectivity index (χ0) is 24.5. The van der Waals surface area contributed by atoms with Crippen LogP contribution in [0.25, 0.3) is 0 Å². The van der Waals surface area contributed by atoms with E-state index in [9.17, 15) is 14.4 Å². The van der Waals surface area contributed by atoms with Crippen LogP contribution in [0.4, 0.5) is 0 Å². The molecule has 182 valence electrons. The number of hydrogen-bond donors (Lipinski definition) is 2. The highest BCUT2D eigenvalue weighted by Crippen LogP contribution is 2.23. The number of rotatable bonds is 9. The summed E-state index contributed by atoms with van der Waals surface area (Å²) in [6, 6.07) is 14.2. The van der Waals surface area contributed by atoms with E-state index in [2.05, 4.69) is 10.6 Å². The van der Waals surface area contributed by atoms with Gasteiger partial charge in [0, 0.05) is 44.5 Å². The van der Waals surface area contributed by atoms with Crippen LogP contribution in [0.15, 0.2) is 48.5 Å². The predicted molar refractivity (Wildman–Crippen MR) is 132 cm³/mol. The lowest BCUT2D eigenvalue weighted by Crippen LogP contribution is -2.54. The number of amides is 3. The highest BCUT2D eigenvalue weighted by Gasteiger charge is 2.34. The van der Waals surface area contributed by atoms with Crippen molar-refractivity contribution >= 4 is 17.7 Å². The SMILES string of the molecule is COCCCNC(=O)C(NC(=O)c1cccc(C)c1)C1CCN(C(=O)c2ccc(C)cc2)CC1. The third-order valence-corrected chi connectivity index (χ3v) is 6.27. The molecule has 2 aromatic rings. The summed E-state index contributed by atoms with van der Waals surface area (Å²) in [6.07, 6.45) is 1.98. The maximum absolute atomic E-state index is 13.1. The van der Waals surface area contributed by atoms with Crippen molar-refractivity contribution in [3.8, 4) is 0 Å². The summed E-state index contributed by atoms with van der Waals surface area (Å²) in [6.45, 7) is 6.05. The van der Waals surface area contributed by atoms with Crippen molar-refractivity contribution in [3.63, 3.8) is 0 Å². The Balaban J connectivity index is 1.66. The van der Waals surface area contributed by atoms with Crippen LogP contribution < -0.4 is 10.6 Å². The number of aryl methyl sites for hydroxylation is 2. The number of carbonyl (C=O) groups excluding carboxylic acids is 3. The van der Waals surface area contributed by atoms with E-state index in [-0.39, 0.29) is 23.6 Å². The average molecular weight is 466 g/mol. The molecule has 1 aliphatic heterocycles. The van der Waals surface area contributed by atoms with Crippen LogP contribution in [-0.4, -0.2) is 62.0 Å². The Bertz CT molecular complexity index is 982. The fraction of sp³-hybridized carbons (Fsp3) is 0.444. The van der Waals surface area contributed by atoms with Crippen molar-refractivity contribution in [2.45, 2.75) is 39.2 Å². The Morgan fingerprint density at radius 3 is 2.35 bits per heavy atom. The van der Waals surface area contributed by atoms with Gasteiger partial charge in [-0.3, -0.25) is 14.4 Å². The van der Waals surface area contributed by atoms with Gasteiger partial charge >= 0.3 is 0 Å². The van der Waals surface area contributed by atoms with Crippen LogP contribution in [0.5, 0.6) is 0 Å². The maximum Gasteiger partial charge on any atom is 0.253 e. The van der Waals surface area contributed by atoms with Gasteiger partial charge in [0.05, 0.1) is 0 Å². The van der Waals surface area contributed by atoms with Crippen molar-refractivity contribution in [1.82, 2.24) is 15.5 Å². The van der Waals surface area contributed by atoms with Gasteiger partial charge in [-0.1, -0.05) is 35.4 Å². The zero-order valence-corrected chi connectivity index (χ0v) is 20.3. The van der Waals surface area contributed by atoms with E-state index < -0.39 is 6.04 Å². The second-order valence-electron chi connectivity index (χ2n) is 8.95. The lowest BCUT2D eigenvalue weighted by molar-refractivity contribution is -0.124. The molecule has 1 saturated heterocycles. The number of nitrogens with one attached hydrogen (secondary N) is 2. The summed E-state index contributed by atoms with van der Waals surface area (Å²) in [5, 5.41) is 5.90. The van der Waals surface area contributed by atoms with Gasteiger partial charge in [-0.15, -0.1) is 0 Å². The summed E-state index contributed by atoms with van der Waals surface area (Å²) in [5.74, 6) is -0.514. The lowest BCUT2D eigenvalue weighted by atomic mass is 9.88. The molecule has 7 heteroatoms. The molecule has 0 aliphatic carbocycles. The summed E-state index contributed by atoms with van der Waals surface area (Å²) in [5.41, 5.74) is 3.29. The van der Waals surface area contributed by atoms with Gasteiger partial charge in [-0.2, -0.15) is 0 Å². The predicted octanol–water partition coefficient (Wildman–Crippen LogP) is 3.11. The molecule has 1 aliphatic rings. The van der Waals surface area contributed by atoms with Crippen molar-refractivity contribution in [2.24, 2.45) is 5.92 Å². The first-order valence-corrected chi connectivity index (χ1v) is 11.9. The minimum Gasteiger partial charge on any atom is -0.385 e. The van der Waals surface area contributed by atoms with E-state index >= 15 is 0 Å². The molecule has 3 amide bonds. The summed E-state index contributed by atoms with van der Waals surface area (Å²) in [4.78, 5) is 40.7. The molecule has 1 fully saturated rings. The third kappa shape index (κ3) is 6.90. The van der Waals surface area contributed by atoms with E-state index in [1.807, 2.05) is 61.2 Å². The van der Waals surface area contributed by atoms with Crippen molar-refractivity contribution < 1.29 is 19.1 Å². The number of carbonyl (C=O) groups is 3. The largest absolute Gasteiger partial charge is 0.385 e. The quantitative estimate of drug-likeness (QED) is 0.557. The monoisotopic (exact) mass is 465 g/mol. The molecule has 2 N–H and O–H groups in total. The van der Waals surface area contributed by atoms with Crippen LogP contribution in [-0.2, 0) is 9.53 Å². The molecule has 7 nitrogen and oxygen atoms in total. The summed E-state index contributed by atoms with van der Waals surface area (Å²) >= 11 is 0.